The van der Waals surface area contributed by atoms with Crippen molar-refractivity contribution in [2.24, 2.45) is 5.92 Å². The van der Waals surface area contributed by atoms with Gasteiger partial charge in [-0.25, -0.2) is 0 Å². The van der Waals surface area contributed by atoms with Crippen LogP contribution in [-0.4, -0.2) is 59.6 Å². The second kappa shape index (κ2) is 9.13. The molecule has 0 saturated carbocycles. The van der Waals surface area contributed by atoms with Crippen LogP contribution < -0.4 is 9.84 Å². The number of thioether (sulfide) groups is 1. The van der Waals surface area contributed by atoms with Crippen molar-refractivity contribution in [2.45, 2.75) is 19.3 Å². The molecule has 2 heterocycles. The first kappa shape index (κ1) is 20.9. The molecule has 29 heavy (non-hydrogen) atoms. The van der Waals surface area contributed by atoms with E-state index in [0.717, 1.165) is 22.2 Å². The summed E-state index contributed by atoms with van der Waals surface area (Å²) in [6, 6.07) is 7.13. The highest BCUT2D eigenvalue weighted by Crippen LogP contribution is 2.32. The third-order valence-electron chi connectivity index (χ3n) is 5.00. The van der Waals surface area contributed by atoms with Crippen molar-refractivity contribution < 1.29 is 29.0 Å². The predicted octanol–water partition coefficient (Wildman–Crippen LogP) is 1.11. The fraction of sp³-hybridized carbons (Fsp3) is 0.400. The van der Waals surface area contributed by atoms with E-state index < -0.39 is 23.0 Å². The van der Waals surface area contributed by atoms with E-state index in [9.17, 15) is 24.3 Å². The quantitative estimate of drug-likeness (QED) is 0.638. The number of piperidine rings is 1. The number of rotatable bonds is 6. The number of carbonyl (C=O) groups excluding carboxylic acids is 4. The van der Waals surface area contributed by atoms with Crippen LogP contribution in [0.1, 0.15) is 24.8 Å². The van der Waals surface area contributed by atoms with Crippen LogP contribution >= 0.6 is 11.8 Å². The van der Waals surface area contributed by atoms with Crippen LogP contribution in [0.4, 0.5) is 4.79 Å². The smallest absolute Gasteiger partial charge is 0.293 e. The zero-order chi connectivity index (χ0) is 21.0. The Labute approximate surface area is 172 Å². The standard InChI is InChI=1S/C20H22N2O6S/c1-28-15-4-2-3-13(11-15)12-16-18(24)22(20(27)29-16)10-7-17(23)21-8-5-14(6-9-21)19(25)26/h2-4,11-12,14H,5-10H2,1H3,(H,25,26)/p-1/b16-12-. The molecule has 0 aromatic heterocycles. The molecule has 154 valence electrons. The first-order valence-electron chi connectivity index (χ1n) is 9.27. The molecule has 9 heteroatoms. The summed E-state index contributed by atoms with van der Waals surface area (Å²) in [5, 5.41) is 10.5. The average molecular weight is 417 g/mol. The minimum Gasteiger partial charge on any atom is -0.550 e. The molecule has 8 nitrogen and oxygen atoms in total. The van der Waals surface area contributed by atoms with Crippen LogP contribution in [-0.2, 0) is 14.4 Å². The second-order valence-electron chi connectivity index (χ2n) is 6.83. The van der Waals surface area contributed by atoms with Gasteiger partial charge in [-0.05, 0) is 48.4 Å². The number of nitrogens with zero attached hydrogens (tertiary/aromatic N) is 2. The van der Waals surface area contributed by atoms with Crippen molar-refractivity contribution in [1.82, 2.24) is 9.80 Å². The maximum absolute atomic E-state index is 12.6. The minimum absolute atomic E-state index is 0.000629. The van der Waals surface area contributed by atoms with Gasteiger partial charge in [0, 0.05) is 37.9 Å². The highest BCUT2D eigenvalue weighted by Gasteiger charge is 2.35. The molecule has 3 rings (SSSR count). The fourth-order valence-corrected chi connectivity index (χ4v) is 4.17. The van der Waals surface area contributed by atoms with Gasteiger partial charge in [-0.1, -0.05) is 12.1 Å². The lowest BCUT2D eigenvalue weighted by Crippen LogP contribution is -2.44. The van der Waals surface area contributed by atoms with Gasteiger partial charge in [0.05, 0.1) is 12.0 Å². The SMILES string of the molecule is COc1cccc(/C=C2\SC(=O)N(CCC(=O)N3CCC(C(=O)[O-])CC3)C2=O)c1. The molecule has 2 saturated heterocycles. The number of likely N-dealkylation sites (tertiary alicyclic amines) is 1. The van der Waals surface area contributed by atoms with Crippen molar-refractivity contribution in [2.75, 3.05) is 26.7 Å². The molecule has 2 aliphatic rings. The lowest BCUT2D eigenvalue weighted by molar-refractivity contribution is -0.312. The Morgan fingerprint density at radius 2 is 2.00 bits per heavy atom. The van der Waals surface area contributed by atoms with Crippen molar-refractivity contribution >= 4 is 40.9 Å². The third kappa shape index (κ3) is 4.97. The molecule has 2 fully saturated rings. The normalized spacial score (nSPS) is 19.1. The van der Waals surface area contributed by atoms with E-state index in [1.807, 2.05) is 0 Å². The summed E-state index contributed by atoms with van der Waals surface area (Å²) in [5.74, 6) is -1.59. The fourth-order valence-electron chi connectivity index (χ4n) is 3.31. The topological polar surface area (TPSA) is 107 Å². The first-order valence-corrected chi connectivity index (χ1v) is 10.1. The maximum atomic E-state index is 12.6. The molecule has 1 aromatic carbocycles. The molecule has 2 aliphatic heterocycles. The Kier molecular flexibility index (Phi) is 6.58. The summed E-state index contributed by atoms with van der Waals surface area (Å²) in [6.45, 7) is 0.684. The number of benzene rings is 1. The average Bonchev–Trinajstić information content (AvgIpc) is 2.99. The van der Waals surface area contributed by atoms with Crippen molar-refractivity contribution in [3.8, 4) is 5.75 Å². The number of methoxy groups -OCH3 is 1. The molecule has 0 radical (unpaired) electrons. The van der Waals surface area contributed by atoms with Gasteiger partial charge < -0.3 is 19.5 Å². The number of ether oxygens (including phenoxy) is 1. The van der Waals surface area contributed by atoms with E-state index in [2.05, 4.69) is 0 Å². The summed E-state index contributed by atoms with van der Waals surface area (Å²) in [7, 11) is 1.55. The summed E-state index contributed by atoms with van der Waals surface area (Å²) in [4.78, 5) is 51.0. The van der Waals surface area contributed by atoms with Gasteiger partial charge in [0.25, 0.3) is 11.1 Å². The van der Waals surface area contributed by atoms with Gasteiger partial charge in [0.1, 0.15) is 5.75 Å². The van der Waals surface area contributed by atoms with Crippen molar-refractivity contribution in [3.05, 3.63) is 34.7 Å². The summed E-state index contributed by atoms with van der Waals surface area (Å²) in [5.41, 5.74) is 0.738. The van der Waals surface area contributed by atoms with Crippen LogP contribution in [0.25, 0.3) is 6.08 Å². The van der Waals surface area contributed by atoms with Gasteiger partial charge in [0.15, 0.2) is 0 Å². The first-order chi connectivity index (χ1) is 13.9. The second-order valence-corrected chi connectivity index (χ2v) is 7.83. The molecular weight excluding hydrogens is 396 g/mol. The van der Waals surface area contributed by atoms with Crippen LogP contribution in [0.3, 0.4) is 0 Å². The lowest BCUT2D eigenvalue weighted by atomic mass is 9.97. The summed E-state index contributed by atoms with van der Waals surface area (Å²) >= 11 is 0.841. The van der Waals surface area contributed by atoms with Gasteiger partial charge >= 0.3 is 0 Å². The molecule has 0 spiro atoms. The Hall–Kier alpha value is -2.81. The number of carbonyl (C=O) groups is 4. The van der Waals surface area contributed by atoms with Crippen LogP contribution in [0, 0.1) is 5.92 Å². The monoisotopic (exact) mass is 417 g/mol. The van der Waals surface area contributed by atoms with Crippen molar-refractivity contribution in [1.29, 1.82) is 0 Å². The van der Waals surface area contributed by atoms with Gasteiger partial charge in [-0.2, -0.15) is 0 Å². The Balaban J connectivity index is 1.57. The van der Waals surface area contributed by atoms with E-state index in [0.29, 0.717) is 36.6 Å². The molecule has 0 bridgehead atoms. The maximum Gasteiger partial charge on any atom is 0.293 e. The molecule has 3 amide bonds. The number of hydrogen-bond donors (Lipinski definition) is 0. The lowest BCUT2D eigenvalue weighted by Gasteiger charge is -2.32. The number of aliphatic carboxylic acids is 1. The van der Waals surface area contributed by atoms with Crippen LogP contribution in [0.15, 0.2) is 29.2 Å². The van der Waals surface area contributed by atoms with Crippen LogP contribution in [0.5, 0.6) is 5.75 Å². The van der Waals surface area contributed by atoms with Gasteiger partial charge in [0.2, 0.25) is 5.91 Å². The number of carboxylic acids is 1. The molecule has 0 N–H and O–H groups in total. The van der Waals surface area contributed by atoms with Crippen LogP contribution in [0.2, 0.25) is 0 Å². The molecule has 0 aliphatic carbocycles. The van der Waals surface area contributed by atoms with E-state index in [-0.39, 0.29) is 18.9 Å². The largest absolute Gasteiger partial charge is 0.550 e. The Morgan fingerprint density at radius 1 is 1.28 bits per heavy atom. The Morgan fingerprint density at radius 3 is 2.66 bits per heavy atom. The van der Waals surface area contributed by atoms with E-state index in [4.69, 9.17) is 4.74 Å². The predicted molar refractivity (Wildman–Crippen MR) is 105 cm³/mol. The summed E-state index contributed by atoms with van der Waals surface area (Å²) in [6.07, 6.45) is 2.36. The highest BCUT2D eigenvalue weighted by molar-refractivity contribution is 8.18. The molecule has 0 atom stereocenters. The van der Waals surface area contributed by atoms with Crippen molar-refractivity contribution in [3.63, 3.8) is 0 Å². The highest BCUT2D eigenvalue weighted by atomic mass is 32.2. The number of hydrogen-bond acceptors (Lipinski definition) is 7. The number of imide groups is 1. The van der Waals surface area contributed by atoms with Gasteiger partial charge in [-0.15, -0.1) is 0 Å². The zero-order valence-corrected chi connectivity index (χ0v) is 16.8. The van der Waals surface area contributed by atoms with Gasteiger partial charge in [-0.3, -0.25) is 19.3 Å². The van der Waals surface area contributed by atoms with E-state index >= 15 is 0 Å². The Bertz CT molecular complexity index is 860. The third-order valence-corrected chi connectivity index (χ3v) is 5.90. The summed E-state index contributed by atoms with van der Waals surface area (Å²) < 4.78 is 5.15. The molecular formula is C20H21N2O6S-. The molecule has 1 aromatic rings. The minimum atomic E-state index is -1.09. The zero-order valence-electron chi connectivity index (χ0n) is 16.0. The van der Waals surface area contributed by atoms with E-state index in [1.165, 1.54) is 0 Å². The number of amides is 3. The number of carboxylic acid groups (broad SMARTS) is 1. The van der Waals surface area contributed by atoms with E-state index in [1.54, 1.807) is 42.4 Å². The molecule has 0 unspecified atom stereocenters.